The number of likely N-dealkylation sites (N-methyl/N-ethyl adjacent to an activating group) is 1. The van der Waals surface area contributed by atoms with Gasteiger partial charge in [-0.2, -0.15) is 9.78 Å². The first-order valence-electron chi connectivity index (χ1n) is 12.9. The highest BCUT2D eigenvalue weighted by molar-refractivity contribution is 6.32. The molecule has 1 aliphatic heterocycles. The third-order valence-electron chi connectivity index (χ3n) is 7.00. The van der Waals surface area contributed by atoms with Gasteiger partial charge in [-0.05, 0) is 56.4 Å². The molecular weight excluding hydrogens is 510 g/mol. The zero-order valence-electron chi connectivity index (χ0n) is 21.8. The molecule has 0 radical (unpaired) electrons. The van der Waals surface area contributed by atoms with Gasteiger partial charge in [0.15, 0.2) is 0 Å². The van der Waals surface area contributed by atoms with Gasteiger partial charge in [-0.25, -0.2) is 9.97 Å². The third-order valence-corrected chi connectivity index (χ3v) is 7.32. The van der Waals surface area contributed by atoms with Crippen molar-refractivity contribution >= 4 is 39.8 Å². The second-order valence-corrected chi connectivity index (χ2v) is 10.2. The lowest BCUT2D eigenvalue weighted by Gasteiger charge is -2.34. The summed E-state index contributed by atoms with van der Waals surface area (Å²) in [5.41, 5.74) is 5.19. The van der Waals surface area contributed by atoms with E-state index < -0.39 is 0 Å². The van der Waals surface area contributed by atoms with Crippen LogP contribution in [0.15, 0.2) is 83.8 Å². The zero-order valence-corrected chi connectivity index (χ0v) is 22.6. The molecule has 3 heterocycles. The number of hydrogen-bond donors (Lipinski definition) is 1. The van der Waals surface area contributed by atoms with Gasteiger partial charge < -0.3 is 15.1 Å². The molecule has 0 spiro atoms. The second-order valence-electron chi connectivity index (χ2n) is 9.80. The summed E-state index contributed by atoms with van der Waals surface area (Å²) in [5.74, 6) is 0.389. The monoisotopic (exact) mass is 537 g/mol. The van der Waals surface area contributed by atoms with E-state index >= 15 is 0 Å². The Bertz CT molecular complexity index is 1710. The molecule has 0 amide bonds. The third kappa shape index (κ3) is 5.08. The van der Waals surface area contributed by atoms with Crippen LogP contribution in [0.4, 0.5) is 17.3 Å². The first-order valence-corrected chi connectivity index (χ1v) is 13.3. The van der Waals surface area contributed by atoms with Crippen molar-refractivity contribution in [2.75, 3.05) is 43.4 Å². The van der Waals surface area contributed by atoms with E-state index in [-0.39, 0.29) is 5.56 Å². The van der Waals surface area contributed by atoms with Gasteiger partial charge in [0.25, 0.3) is 5.56 Å². The molecule has 1 N–H and O–H groups in total. The van der Waals surface area contributed by atoms with Crippen LogP contribution in [0.1, 0.15) is 5.56 Å². The second kappa shape index (κ2) is 10.5. The van der Waals surface area contributed by atoms with Crippen molar-refractivity contribution in [2.24, 2.45) is 0 Å². The number of aromatic nitrogens is 4. The topological polar surface area (TPSA) is 79.2 Å². The number of aryl methyl sites for hydroxylation is 1. The van der Waals surface area contributed by atoms with Crippen molar-refractivity contribution in [3.63, 3.8) is 0 Å². The lowest BCUT2D eigenvalue weighted by Crippen LogP contribution is -2.44. The molecule has 0 bridgehead atoms. The van der Waals surface area contributed by atoms with E-state index in [4.69, 9.17) is 21.7 Å². The maximum atomic E-state index is 13.5. The van der Waals surface area contributed by atoms with Crippen LogP contribution in [0.25, 0.3) is 27.8 Å². The lowest BCUT2D eigenvalue weighted by atomic mass is 10.1. The van der Waals surface area contributed by atoms with E-state index in [0.717, 1.165) is 43.0 Å². The predicted octanol–water partition coefficient (Wildman–Crippen LogP) is 5.30. The Hall–Kier alpha value is -4.27. The Morgan fingerprint density at radius 1 is 0.923 bits per heavy atom. The fourth-order valence-corrected chi connectivity index (χ4v) is 5.02. The highest BCUT2D eigenvalue weighted by Crippen LogP contribution is 2.28. The zero-order chi connectivity index (χ0) is 26.9. The normalized spacial score (nSPS) is 14.1. The largest absolute Gasteiger partial charge is 0.369 e. The fraction of sp³-hybridized carbons (Fsp3) is 0.200. The average molecular weight is 538 g/mol. The lowest BCUT2D eigenvalue weighted by molar-refractivity contribution is 0.313. The summed E-state index contributed by atoms with van der Waals surface area (Å²) in [6.07, 6.45) is 1.56. The molecule has 5 aromatic rings. The number of rotatable bonds is 5. The highest BCUT2D eigenvalue weighted by atomic mass is 35.5. The molecule has 6 rings (SSSR count). The van der Waals surface area contributed by atoms with Gasteiger partial charge in [0.05, 0.1) is 16.1 Å². The molecule has 0 atom stereocenters. The summed E-state index contributed by atoms with van der Waals surface area (Å²) < 4.78 is 1.33. The van der Waals surface area contributed by atoms with Gasteiger partial charge in [-0.3, -0.25) is 4.79 Å². The molecule has 1 saturated heterocycles. The minimum atomic E-state index is -0.336. The Kier molecular flexibility index (Phi) is 6.72. The first kappa shape index (κ1) is 25.0. The van der Waals surface area contributed by atoms with Crippen molar-refractivity contribution in [3.05, 3.63) is 99.9 Å². The van der Waals surface area contributed by atoms with Crippen molar-refractivity contribution < 1.29 is 0 Å². The Morgan fingerprint density at radius 2 is 1.69 bits per heavy atom. The summed E-state index contributed by atoms with van der Waals surface area (Å²) in [5, 5.41) is 8.83. The van der Waals surface area contributed by atoms with Crippen LogP contribution in [-0.4, -0.2) is 57.9 Å². The smallest absolute Gasteiger partial charge is 0.282 e. The molecule has 0 saturated carbocycles. The van der Waals surface area contributed by atoms with Gasteiger partial charge >= 0.3 is 0 Å². The van der Waals surface area contributed by atoms with Crippen molar-refractivity contribution in [3.8, 4) is 16.9 Å². The summed E-state index contributed by atoms with van der Waals surface area (Å²) >= 11 is 6.44. The molecule has 39 heavy (non-hydrogen) atoms. The van der Waals surface area contributed by atoms with E-state index in [2.05, 4.69) is 39.3 Å². The van der Waals surface area contributed by atoms with Crippen molar-refractivity contribution in [1.82, 2.24) is 24.6 Å². The molecule has 0 unspecified atom stereocenters. The summed E-state index contributed by atoms with van der Waals surface area (Å²) in [4.78, 5) is 27.5. The van der Waals surface area contributed by atoms with E-state index in [1.807, 2.05) is 55.5 Å². The highest BCUT2D eigenvalue weighted by Gasteiger charge is 2.18. The first-order chi connectivity index (χ1) is 19.0. The van der Waals surface area contributed by atoms with Crippen LogP contribution in [0.3, 0.4) is 0 Å². The number of hydrogen-bond acceptors (Lipinski definition) is 7. The number of nitrogens with one attached hydrogen (secondary N) is 1. The average Bonchev–Trinajstić information content (AvgIpc) is 2.95. The van der Waals surface area contributed by atoms with Gasteiger partial charge in [0.1, 0.15) is 11.2 Å². The molecule has 9 heteroatoms. The molecule has 0 aliphatic carbocycles. The van der Waals surface area contributed by atoms with E-state index in [9.17, 15) is 4.79 Å². The maximum absolute atomic E-state index is 13.5. The van der Waals surface area contributed by atoms with Crippen LogP contribution in [0, 0.1) is 6.92 Å². The molecule has 2 aromatic heterocycles. The van der Waals surface area contributed by atoms with Crippen LogP contribution in [0.5, 0.6) is 0 Å². The number of fused-ring (bicyclic) bond motifs is 1. The van der Waals surface area contributed by atoms with Gasteiger partial charge in [-0.1, -0.05) is 47.5 Å². The summed E-state index contributed by atoms with van der Waals surface area (Å²) in [6, 6.07) is 23.4. The molecule has 1 fully saturated rings. The number of para-hydroxylation sites is 1. The number of nitrogens with zero attached hydrogens (tertiary/aromatic N) is 6. The standard InChI is InChI=1S/C30H28ClN7O/c1-20-6-5-7-21(18-20)27-28-24(29(39)38(35-27)26-9-4-3-8-25(26)31)19-32-30(34-28)33-22-10-12-23(13-11-22)37-16-14-36(2)15-17-37/h3-13,18-19H,14-17H2,1-2H3,(H,32,33,34). The van der Waals surface area contributed by atoms with E-state index in [1.54, 1.807) is 18.3 Å². The van der Waals surface area contributed by atoms with E-state index in [0.29, 0.717) is 33.3 Å². The molecule has 3 aromatic carbocycles. The summed E-state index contributed by atoms with van der Waals surface area (Å²) in [7, 11) is 2.15. The van der Waals surface area contributed by atoms with Crippen molar-refractivity contribution in [1.29, 1.82) is 0 Å². The molecular formula is C30H28ClN7O. The van der Waals surface area contributed by atoms with Crippen LogP contribution >= 0.6 is 11.6 Å². The van der Waals surface area contributed by atoms with Gasteiger partial charge in [-0.15, -0.1) is 0 Å². The maximum Gasteiger partial charge on any atom is 0.282 e. The predicted molar refractivity (Wildman–Crippen MR) is 158 cm³/mol. The number of anilines is 3. The Morgan fingerprint density at radius 3 is 2.44 bits per heavy atom. The van der Waals surface area contributed by atoms with Crippen LogP contribution < -0.4 is 15.8 Å². The van der Waals surface area contributed by atoms with Crippen molar-refractivity contribution in [2.45, 2.75) is 6.92 Å². The van der Waals surface area contributed by atoms with E-state index in [1.165, 1.54) is 10.4 Å². The Labute approximate surface area is 231 Å². The summed E-state index contributed by atoms with van der Waals surface area (Å²) in [6.45, 7) is 6.15. The SMILES string of the molecule is Cc1cccc(-c2nn(-c3ccccc3Cl)c(=O)c3cnc(Nc4ccc(N5CCN(C)CC5)cc4)nc23)c1. The van der Waals surface area contributed by atoms with Crippen LogP contribution in [0.2, 0.25) is 5.02 Å². The minimum absolute atomic E-state index is 0.336. The van der Waals surface area contributed by atoms with Gasteiger partial charge in [0.2, 0.25) is 5.95 Å². The quantitative estimate of drug-likeness (QED) is 0.326. The molecule has 8 nitrogen and oxygen atoms in total. The number of benzene rings is 3. The van der Waals surface area contributed by atoms with Crippen LogP contribution in [-0.2, 0) is 0 Å². The minimum Gasteiger partial charge on any atom is -0.369 e. The Balaban J connectivity index is 1.40. The molecule has 1 aliphatic rings. The van der Waals surface area contributed by atoms with Gasteiger partial charge in [0, 0.05) is 49.3 Å². The molecule has 196 valence electrons. The number of halogens is 1. The number of piperazine rings is 1. The fourth-order valence-electron chi connectivity index (χ4n) is 4.81.